The van der Waals surface area contributed by atoms with Crippen molar-refractivity contribution in [3.8, 4) is 0 Å². The number of nitrogens with zero attached hydrogens (tertiary/aromatic N) is 1. The third kappa shape index (κ3) is 2.38. The van der Waals surface area contributed by atoms with E-state index in [0.29, 0.717) is 13.1 Å². The van der Waals surface area contributed by atoms with Crippen molar-refractivity contribution in [2.24, 2.45) is 5.92 Å². The van der Waals surface area contributed by atoms with E-state index in [2.05, 4.69) is 5.32 Å². The highest BCUT2D eigenvalue weighted by molar-refractivity contribution is 5.86. The minimum absolute atomic E-state index is 0.0691. The van der Waals surface area contributed by atoms with Crippen LogP contribution in [-0.2, 0) is 4.79 Å². The summed E-state index contributed by atoms with van der Waals surface area (Å²) >= 11 is 0. The van der Waals surface area contributed by atoms with Gasteiger partial charge in [-0.3, -0.25) is 4.79 Å². The fraction of sp³-hybridized carbons (Fsp3) is 0.917. The Morgan fingerprint density at radius 1 is 1.50 bits per heavy atom. The third-order valence-electron chi connectivity index (χ3n) is 3.44. The Bertz CT molecular complexity index is 268. The SMILES string of the molecule is CCNC(C)(C)C(=O)N1CC(O)(C(C)C)C1. The van der Waals surface area contributed by atoms with Crippen LogP contribution in [0.25, 0.3) is 0 Å². The molecule has 0 aromatic heterocycles. The minimum atomic E-state index is -0.683. The molecule has 0 spiro atoms. The van der Waals surface area contributed by atoms with Crippen molar-refractivity contribution in [3.63, 3.8) is 0 Å². The maximum atomic E-state index is 12.1. The van der Waals surface area contributed by atoms with E-state index in [1.807, 2.05) is 34.6 Å². The van der Waals surface area contributed by atoms with Gasteiger partial charge in [0.2, 0.25) is 5.91 Å². The Balaban J connectivity index is 2.55. The summed E-state index contributed by atoms with van der Waals surface area (Å²) < 4.78 is 0. The van der Waals surface area contributed by atoms with Gasteiger partial charge in [-0.2, -0.15) is 0 Å². The molecule has 16 heavy (non-hydrogen) atoms. The smallest absolute Gasteiger partial charge is 0.242 e. The Labute approximate surface area is 98.0 Å². The molecular weight excluding hydrogens is 204 g/mol. The van der Waals surface area contributed by atoms with E-state index in [-0.39, 0.29) is 11.8 Å². The molecule has 0 aromatic carbocycles. The molecule has 1 fully saturated rings. The first-order valence-corrected chi connectivity index (χ1v) is 5.99. The molecule has 2 N–H and O–H groups in total. The van der Waals surface area contributed by atoms with Crippen LogP contribution in [0.5, 0.6) is 0 Å². The van der Waals surface area contributed by atoms with E-state index < -0.39 is 11.1 Å². The molecule has 0 aromatic rings. The van der Waals surface area contributed by atoms with Crippen LogP contribution in [0.2, 0.25) is 0 Å². The average molecular weight is 228 g/mol. The first kappa shape index (κ1) is 13.5. The number of hydrogen-bond donors (Lipinski definition) is 2. The molecule has 0 unspecified atom stereocenters. The van der Waals surface area contributed by atoms with Crippen molar-refractivity contribution in [1.82, 2.24) is 10.2 Å². The summed E-state index contributed by atoms with van der Waals surface area (Å²) in [7, 11) is 0. The molecule has 1 aliphatic rings. The molecule has 94 valence electrons. The van der Waals surface area contributed by atoms with Gasteiger partial charge < -0.3 is 15.3 Å². The molecule has 0 atom stereocenters. The number of rotatable bonds is 4. The number of aliphatic hydroxyl groups is 1. The van der Waals surface area contributed by atoms with Gasteiger partial charge in [-0.05, 0) is 26.3 Å². The van der Waals surface area contributed by atoms with E-state index in [9.17, 15) is 9.90 Å². The predicted molar refractivity (Wildman–Crippen MR) is 64.1 cm³/mol. The lowest BCUT2D eigenvalue weighted by Gasteiger charge is -2.51. The summed E-state index contributed by atoms with van der Waals surface area (Å²) in [5, 5.41) is 13.2. The zero-order valence-electron chi connectivity index (χ0n) is 11.0. The van der Waals surface area contributed by atoms with E-state index >= 15 is 0 Å². The molecule has 1 heterocycles. The lowest BCUT2D eigenvalue weighted by molar-refractivity contribution is -0.169. The number of likely N-dealkylation sites (N-methyl/N-ethyl adjacent to an activating group) is 1. The molecule has 1 saturated heterocycles. The minimum Gasteiger partial charge on any atom is -0.386 e. The number of carbonyl (C=O) groups is 1. The highest BCUT2D eigenvalue weighted by atomic mass is 16.3. The van der Waals surface area contributed by atoms with Crippen LogP contribution in [0, 0.1) is 5.92 Å². The Hall–Kier alpha value is -0.610. The van der Waals surface area contributed by atoms with Crippen LogP contribution < -0.4 is 5.32 Å². The summed E-state index contributed by atoms with van der Waals surface area (Å²) in [4.78, 5) is 13.8. The summed E-state index contributed by atoms with van der Waals surface area (Å²) in [6.07, 6.45) is 0. The molecule has 0 radical (unpaired) electrons. The summed E-state index contributed by atoms with van der Waals surface area (Å²) in [5.41, 5.74) is -1.22. The zero-order valence-corrected chi connectivity index (χ0v) is 11.0. The van der Waals surface area contributed by atoms with Crippen LogP contribution in [0.15, 0.2) is 0 Å². The van der Waals surface area contributed by atoms with Crippen LogP contribution in [0.1, 0.15) is 34.6 Å². The molecule has 1 aliphatic heterocycles. The van der Waals surface area contributed by atoms with Gasteiger partial charge in [0, 0.05) is 0 Å². The molecule has 0 aliphatic carbocycles. The van der Waals surface area contributed by atoms with Crippen LogP contribution >= 0.6 is 0 Å². The maximum Gasteiger partial charge on any atom is 0.242 e. The second-order valence-electron chi connectivity index (χ2n) is 5.57. The zero-order chi connectivity index (χ0) is 12.6. The molecule has 0 saturated carbocycles. The molecule has 1 rings (SSSR count). The van der Waals surface area contributed by atoms with Gasteiger partial charge in [0.05, 0.1) is 18.6 Å². The Kier molecular flexibility index (Phi) is 3.65. The molecule has 4 heteroatoms. The average Bonchev–Trinajstić information content (AvgIpc) is 2.11. The second kappa shape index (κ2) is 4.34. The summed E-state index contributed by atoms with van der Waals surface area (Å²) in [5.74, 6) is 0.262. The molecule has 4 nitrogen and oxygen atoms in total. The largest absolute Gasteiger partial charge is 0.386 e. The van der Waals surface area contributed by atoms with E-state index in [1.165, 1.54) is 0 Å². The number of hydrogen-bond acceptors (Lipinski definition) is 3. The Morgan fingerprint density at radius 3 is 2.38 bits per heavy atom. The van der Waals surface area contributed by atoms with Crippen LogP contribution in [0.4, 0.5) is 0 Å². The highest BCUT2D eigenvalue weighted by Gasteiger charge is 2.48. The fourth-order valence-electron chi connectivity index (χ4n) is 2.04. The number of β-amino-alcohol motifs (C(OH)–C–C–N with tert-alkyl or cyclic N) is 1. The number of amides is 1. The Morgan fingerprint density at radius 2 is 2.00 bits per heavy atom. The van der Waals surface area contributed by atoms with Crippen LogP contribution in [-0.4, -0.2) is 46.7 Å². The van der Waals surface area contributed by atoms with Crippen molar-refractivity contribution in [3.05, 3.63) is 0 Å². The van der Waals surface area contributed by atoms with Crippen LogP contribution in [0.3, 0.4) is 0 Å². The summed E-state index contributed by atoms with van der Waals surface area (Å²) in [6.45, 7) is 11.4. The van der Waals surface area contributed by atoms with Crippen molar-refractivity contribution in [1.29, 1.82) is 0 Å². The summed E-state index contributed by atoms with van der Waals surface area (Å²) in [6, 6.07) is 0. The van der Waals surface area contributed by atoms with E-state index in [4.69, 9.17) is 0 Å². The molecule has 1 amide bonds. The van der Waals surface area contributed by atoms with Gasteiger partial charge in [0.15, 0.2) is 0 Å². The van der Waals surface area contributed by atoms with Gasteiger partial charge in [-0.1, -0.05) is 20.8 Å². The van der Waals surface area contributed by atoms with E-state index in [0.717, 1.165) is 6.54 Å². The molecular formula is C12H24N2O2. The van der Waals surface area contributed by atoms with Crippen molar-refractivity contribution in [2.75, 3.05) is 19.6 Å². The van der Waals surface area contributed by atoms with Crippen molar-refractivity contribution in [2.45, 2.75) is 45.8 Å². The topological polar surface area (TPSA) is 52.6 Å². The van der Waals surface area contributed by atoms with Gasteiger partial charge in [-0.15, -0.1) is 0 Å². The number of nitrogens with one attached hydrogen (secondary N) is 1. The predicted octanol–water partition coefficient (Wildman–Crippen LogP) is 0.604. The first-order chi connectivity index (χ1) is 7.23. The monoisotopic (exact) mass is 228 g/mol. The molecule has 0 bridgehead atoms. The normalized spacial score (nSPS) is 19.8. The lowest BCUT2D eigenvalue weighted by Crippen LogP contribution is -2.70. The lowest BCUT2D eigenvalue weighted by atomic mass is 9.82. The third-order valence-corrected chi connectivity index (χ3v) is 3.44. The van der Waals surface area contributed by atoms with Crippen molar-refractivity contribution >= 4 is 5.91 Å². The highest BCUT2D eigenvalue weighted by Crippen LogP contribution is 2.30. The second-order valence-corrected chi connectivity index (χ2v) is 5.57. The number of likely N-dealkylation sites (tertiary alicyclic amines) is 1. The van der Waals surface area contributed by atoms with Gasteiger partial charge in [0.25, 0.3) is 0 Å². The van der Waals surface area contributed by atoms with Gasteiger partial charge in [0.1, 0.15) is 5.60 Å². The fourth-order valence-corrected chi connectivity index (χ4v) is 2.04. The maximum absolute atomic E-state index is 12.1. The van der Waals surface area contributed by atoms with Crippen molar-refractivity contribution < 1.29 is 9.90 Å². The first-order valence-electron chi connectivity index (χ1n) is 5.99. The number of carbonyl (C=O) groups excluding carboxylic acids is 1. The standard InChI is InChI=1S/C12H24N2O2/c1-6-13-11(4,5)10(15)14-7-12(16,8-14)9(2)3/h9,13,16H,6-8H2,1-5H3. The quantitative estimate of drug-likeness (QED) is 0.741. The van der Waals surface area contributed by atoms with Gasteiger partial charge in [-0.25, -0.2) is 0 Å². The van der Waals surface area contributed by atoms with Gasteiger partial charge >= 0.3 is 0 Å². The van der Waals surface area contributed by atoms with E-state index in [1.54, 1.807) is 4.90 Å².